The van der Waals surface area contributed by atoms with Crippen molar-refractivity contribution in [3.05, 3.63) is 24.3 Å². The SMILES string of the molecule is C=CC1=CC2C(C(C)(C)O)C3(C(C)C)C(=O)C4(CCC5C(C)(C)CCCC56CC24C(O)(O6)C3=O)C1. The summed E-state index contributed by atoms with van der Waals surface area (Å²) in [7, 11) is 0. The monoisotopic (exact) mass is 482 g/mol. The average Bonchev–Trinajstić information content (AvgIpc) is 2.91. The Morgan fingerprint density at radius 2 is 1.86 bits per heavy atom. The minimum atomic E-state index is -2.02. The number of rotatable bonds is 3. The zero-order valence-electron chi connectivity index (χ0n) is 22.2. The molecule has 7 aliphatic rings. The first-order valence-electron chi connectivity index (χ1n) is 13.7. The molecule has 2 spiro atoms. The molecule has 6 aliphatic carbocycles. The first-order chi connectivity index (χ1) is 16.1. The summed E-state index contributed by atoms with van der Waals surface area (Å²) >= 11 is 0. The highest BCUT2D eigenvalue weighted by Crippen LogP contribution is 2.84. The Balaban J connectivity index is 1.74. The van der Waals surface area contributed by atoms with Crippen LogP contribution in [0.3, 0.4) is 0 Å². The van der Waals surface area contributed by atoms with Crippen molar-refractivity contribution in [3.63, 3.8) is 0 Å². The quantitative estimate of drug-likeness (QED) is 0.567. The summed E-state index contributed by atoms with van der Waals surface area (Å²) in [5.74, 6) is -3.76. The van der Waals surface area contributed by atoms with Gasteiger partial charge >= 0.3 is 0 Å². The number of carbonyl (C=O) groups excluding carboxylic acids is 2. The van der Waals surface area contributed by atoms with E-state index in [4.69, 9.17) is 4.74 Å². The molecule has 8 atom stereocenters. The van der Waals surface area contributed by atoms with Crippen LogP contribution in [0.15, 0.2) is 24.3 Å². The average molecular weight is 483 g/mol. The highest BCUT2D eigenvalue weighted by Gasteiger charge is 2.93. The van der Waals surface area contributed by atoms with Crippen molar-refractivity contribution in [1.82, 2.24) is 0 Å². The van der Waals surface area contributed by atoms with E-state index in [0.717, 1.165) is 31.3 Å². The Hall–Kier alpha value is -1.30. The van der Waals surface area contributed by atoms with Gasteiger partial charge in [0.2, 0.25) is 11.6 Å². The van der Waals surface area contributed by atoms with Crippen LogP contribution in [0.2, 0.25) is 0 Å². The molecule has 5 nitrogen and oxygen atoms in total. The molecule has 0 amide bonds. The van der Waals surface area contributed by atoms with Crippen LogP contribution in [0.5, 0.6) is 0 Å². The molecule has 8 unspecified atom stereocenters. The van der Waals surface area contributed by atoms with Gasteiger partial charge in [-0.1, -0.05) is 58.4 Å². The summed E-state index contributed by atoms with van der Waals surface area (Å²) in [6, 6.07) is 0. The van der Waals surface area contributed by atoms with Gasteiger partial charge in [-0.15, -0.1) is 0 Å². The predicted octanol–water partition coefficient (Wildman–Crippen LogP) is 4.75. The Morgan fingerprint density at radius 3 is 2.46 bits per heavy atom. The normalized spacial score (nSPS) is 51.7. The number of allylic oxidation sites excluding steroid dienone is 3. The second-order valence-electron chi connectivity index (χ2n) is 14.4. The van der Waals surface area contributed by atoms with E-state index in [1.807, 2.05) is 19.9 Å². The third-order valence-corrected chi connectivity index (χ3v) is 12.0. The lowest BCUT2D eigenvalue weighted by Gasteiger charge is -2.74. The van der Waals surface area contributed by atoms with Crippen LogP contribution < -0.4 is 0 Å². The summed E-state index contributed by atoms with van der Waals surface area (Å²) in [5, 5.41) is 24.3. The fourth-order valence-corrected chi connectivity index (χ4v) is 11.1. The molecular weight excluding hydrogens is 440 g/mol. The van der Waals surface area contributed by atoms with Crippen LogP contribution in [-0.2, 0) is 14.3 Å². The molecule has 2 N–H and O–H groups in total. The number of aliphatic hydroxyl groups is 2. The molecule has 0 aromatic heterocycles. The second kappa shape index (κ2) is 6.39. The number of Topliss-reactive ketones (excluding diaryl/α,β-unsaturated/α-hetero) is 2. The maximum absolute atomic E-state index is 15.1. The van der Waals surface area contributed by atoms with E-state index >= 15 is 4.79 Å². The smallest absolute Gasteiger partial charge is 0.235 e. The second-order valence-corrected chi connectivity index (χ2v) is 14.4. The van der Waals surface area contributed by atoms with Gasteiger partial charge in [0.1, 0.15) is 5.41 Å². The van der Waals surface area contributed by atoms with E-state index < -0.39 is 44.9 Å². The number of ketones is 2. The summed E-state index contributed by atoms with van der Waals surface area (Å²) in [4.78, 5) is 29.8. The van der Waals surface area contributed by atoms with Crippen LogP contribution in [0, 0.1) is 45.3 Å². The lowest BCUT2D eigenvalue weighted by Crippen LogP contribution is -2.85. The third kappa shape index (κ3) is 2.22. The fraction of sp³-hybridized carbons (Fsp3) is 0.800. The lowest BCUT2D eigenvalue weighted by molar-refractivity contribution is -0.338. The largest absolute Gasteiger partial charge is 0.390 e. The Labute approximate surface area is 209 Å². The van der Waals surface area contributed by atoms with E-state index in [1.54, 1.807) is 13.8 Å². The summed E-state index contributed by atoms with van der Waals surface area (Å²) in [5.41, 5.74) is -4.41. The van der Waals surface area contributed by atoms with Crippen LogP contribution in [0.1, 0.15) is 86.5 Å². The standard InChI is InChI=1S/C30H42O5/c1-8-18-14-19-21(25(6,7)33)29(17(2)3)22(31)26(15-18)13-10-20-24(4,5)11-9-12-27(20)16-28(19,26)30(34,35-27)23(29)32/h8,14,17,19-21,33-34H,1,9-13,15-16H2,2-7H3. The maximum Gasteiger partial charge on any atom is 0.235 e. The Bertz CT molecular complexity index is 1080. The van der Waals surface area contributed by atoms with Crippen molar-refractivity contribution in [1.29, 1.82) is 0 Å². The molecule has 35 heavy (non-hydrogen) atoms. The Morgan fingerprint density at radius 1 is 1.17 bits per heavy atom. The van der Waals surface area contributed by atoms with Crippen LogP contribution in [0.25, 0.3) is 0 Å². The van der Waals surface area contributed by atoms with Gasteiger partial charge < -0.3 is 14.9 Å². The number of ether oxygens (including phenoxy) is 1. The van der Waals surface area contributed by atoms with Crippen LogP contribution >= 0.6 is 0 Å². The zero-order valence-corrected chi connectivity index (χ0v) is 22.2. The molecule has 1 saturated heterocycles. The lowest BCUT2D eigenvalue weighted by atomic mass is 9.27. The Kier molecular flexibility index (Phi) is 4.39. The van der Waals surface area contributed by atoms with Gasteiger partial charge in [0.25, 0.3) is 0 Å². The van der Waals surface area contributed by atoms with Crippen molar-refractivity contribution in [3.8, 4) is 0 Å². The van der Waals surface area contributed by atoms with Crippen molar-refractivity contribution in [2.45, 2.75) is 103 Å². The molecule has 5 saturated carbocycles. The van der Waals surface area contributed by atoms with Crippen molar-refractivity contribution in [2.24, 2.45) is 45.3 Å². The topological polar surface area (TPSA) is 83.8 Å². The highest BCUT2D eigenvalue weighted by atomic mass is 16.7. The van der Waals surface area contributed by atoms with Gasteiger partial charge in [0.15, 0.2) is 5.78 Å². The predicted molar refractivity (Wildman–Crippen MR) is 132 cm³/mol. The van der Waals surface area contributed by atoms with Gasteiger partial charge in [0, 0.05) is 11.3 Å². The molecule has 5 heteroatoms. The van der Waals surface area contributed by atoms with Crippen LogP contribution in [0.4, 0.5) is 0 Å². The van der Waals surface area contributed by atoms with E-state index in [9.17, 15) is 15.0 Å². The molecule has 1 heterocycles. The summed E-state index contributed by atoms with van der Waals surface area (Å²) < 4.78 is 6.89. The molecule has 0 aromatic carbocycles. The third-order valence-electron chi connectivity index (χ3n) is 12.0. The van der Waals surface area contributed by atoms with Crippen LogP contribution in [-0.4, -0.2) is 38.8 Å². The minimum Gasteiger partial charge on any atom is -0.390 e. The number of hydrogen-bond acceptors (Lipinski definition) is 5. The number of hydrogen-bond donors (Lipinski definition) is 2. The molecular formula is C30H42O5. The van der Waals surface area contributed by atoms with Gasteiger partial charge in [-0.2, -0.15) is 0 Å². The van der Waals surface area contributed by atoms with Crippen molar-refractivity contribution < 1.29 is 24.5 Å². The summed E-state index contributed by atoms with van der Waals surface area (Å²) in [6.07, 6.45) is 9.32. The van der Waals surface area contributed by atoms with E-state index in [-0.39, 0.29) is 29.0 Å². The minimum absolute atomic E-state index is 0.00625. The van der Waals surface area contributed by atoms with Crippen molar-refractivity contribution in [2.75, 3.05) is 0 Å². The molecule has 192 valence electrons. The fourth-order valence-electron chi connectivity index (χ4n) is 11.1. The van der Waals surface area contributed by atoms with E-state index in [2.05, 4.69) is 26.5 Å². The highest BCUT2D eigenvalue weighted by molar-refractivity contribution is 6.18. The first-order valence-corrected chi connectivity index (χ1v) is 13.7. The summed E-state index contributed by atoms with van der Waals surface area (Å²) in [6.45, 7) is 15.9. The molecule has 0 aromatic rings. The van der Waals surface area contributed by atoms with Gasteiger partial charge in [-0.05, 0) is 75.5 Å². The van der Waals surface area contributed by atoms with Gasteiger partial charge in [-0.3, -0.25) is 9.59 Å². The van der Waals surface area contributed by atoms with Gasteiger partial charge in [0.05, 0.1) is 16.6 Å². The van der Waals surface area contributed by atoms with E-state index in [0.29, 0.717) is 19.3 Å². The van der Waals surface area contributed by atoms with Crippen molar-refractivity contribution >= 4 is 11.6 Å². The maximum atomic E-state index is 15.1. The molecule has 6 fully saturated rings. The van der Waals surface area contributed by atoms with Gasteiger partial charge in [-0.25, -0.2) is 0 Å². The molecule has 0 radical (unpaired) electrons. The zero-order chi connectivity index (χ0) is 25.6. The number of carbonyl (C=O) groups is 2. The van der Waals surface area contributed by atoms with E-state index in [1.165, 1.54) is 0 Å². The molecule has 7 rings (SSSR count). The first kappa shape index (κ1) is 24.1. The molecule has 5 bridgehead atoms. The molecule has 1 aliphatic heterocycles.